The minimum absolute atomic E-state index is 0.00277. The van der Waals surface area contributed by atoms with E-state index in [9.17, 15) is 4.79 Å². The molecule has 0 amide bonds. The van der Waals surface area contributed by atoms with Gasteiger partial charge in [0.05, 0.1) is 7.11 Å². The summed E-state index contributed by atoms with van der Waals surface area (Å²) in [5, 5.41) is 11.8. The van der Waals surface area contributed by atoms with E-state index < -0.39 is 12.0 Å². The Morgan fingerprint density at radius 3 is 2.31 bits per heavy atom. The maximum absolute atomic E-state index is 10.7. The minimum atomic E-state index is -0.847. The van der Waals surface area contributed by atoms with Crippen molar-refractivity contribution in [1.29, 1.82) is 0 Å². The van der Waals surface area contributed by atoms with Crippen LogP contribution >= 0.6 is 0 Å². The van der Waals surface area contributed by atoms with E-state index >= 15 is 0 Å². The lowest BCUT2D eigenvalue weighted by Crippen LogP contribution is -2.35. The zero-order chi connectivity index (χ0) is 12.1. The second-order valence-electron chi connectivity index (χ2n) is 3.72. The van der Waals surface area contributed by atoms with Crippen LogP contribution in [0.15, 0.2) is 24.3 Å². The molecular weight excluding hydrogens is 206 g/mol. The summed E-state index contributed by atoms with van der Waals surface area (Å²) in [6.07, 6.45) is 0. The first-order chi connectivity index (χ1) is 7.54. The van der Waals surface area contributed by atoms with E-state index in [0.29, 0.717) is 0 Å². The van der Waals surface area contributed by atoms with Gasteiger partial charge in [-0.15, -0.1) is 0 Å². The third-order valence-corrected chi connectivity index (χ3v) is 2.49. The Labute approximate surface area is 95.2 Å². The molecule has 0 spiro atoms. The van der Waals surface area contributed by atoms with Crippen molar-refractivity contribution in [3.8, 4) is 5.75 Å². The molecule has 2 N–H and O–H groups in total. The van der Waals surface area contributed by atoms with Crippen LogP contribution in [0.2, 0.25) is 0 Å². The number of carboxylic acids is 1. The minimum Gasteiger partial charge on any atom is -0.497 e. The molecule has 0 radical (unpaired) electrons. The molecule has 0 aliphatic rings. The first-order valence-corrected chi connectivity index (χ1v) is 5.17. The van der Waals surface area contributed by atoms with Crippen molar-refractivity contribution in [2.24, 2.45) is 0 Å². The number of ether oxygens (including phenoxy) is 1. The average Bonchev–Trinajstić information content (AvgIpc) is 2.28. The molecule has 0 fully saturated rings. The largest absolute Gasteiger partial charge is 0.497 e. The molecule has 4 heteroatoms. The van der Waals surface area contributed by atoms with E-state index in [2.05, 4.69) is 5.32 Å². The van der Waals surface area contributed by atoms with Crippen LogP contribution in [0, 0.1) is 0 Å². The first-order valence-electron chi connectivity index (χ1n) is 5.17. The highest BCUT2D eigenvalue weighted by molar-refractivity contribution is 5.72. The number of benzene rings is 1. The molecule has 2 atom stereocenters. The van der Waals surface area contributed by atoms with Gasteiger partial charge in [-0.05, 0) is 31.5 Å². The Hall–Kier alpha value is -1.55. The van der Waals surface area contributed by atoms with Crippen molar-refractivity contribution in [2.75, 3.05) is 7.11 Å². The molecule has 1 rings (SSSR count). The summed E-state index contributed by atoms with van der Waals surface area (Å²) in [5.41, 5.74) is 1.04. The quantitative estimate of drug-likeness (QED) is 0.799. The number of carbonyl (C=O) groups is 1. The van der Waals surface area contributed by atoms with E-state index in [1.165, 1.54) is 0 Å². The lowest BCUT2D eigenvalue weighted by molar-refractivity contribution is -0.139. The van der Waals surface area contributed by atoms with Gasteiger partial charge in [0.15, 0.2) is 0 Å². The second-order valence-corrected chi connectivity index (χ2v) is 3.72. The Bertz CT molecular complexity index is 348. The summed E-state index contributed by atoms with van der Waals surface area (Å²) in [6, 6.07) is 7.00. The third-order valence-electron chi connectivity index (χ3n) is 2.49. The average molecular weight is 223 g/mol. The number of hydrogen-bond acceptors (Lipinski definition) is 3. The number of aliphatic carboxylic acids is 1. The monoisotopic (exact) mass is 223 g/mol. The van der Waals surface area contributed by atoms with Crippen LogP contribution in [0.4, 0.5) is 0 Å². The SMILES string of the molecule is COc1ccc(C(C)N[C@@H](C)C(=O)O)cc1. The van der Waals surface area contributed by atoms with Crippen LogP contribution in [0.3, 0.4) is 0 Å². The van der Waals surface area contributed by atoms with E-state index in [0.717, 1.165) is 11.3 Å². The van der Waals surface area contributed by atoms with Gasteiger partial charge < -0.3 is 9.84 Å². The molecule has 4 nitrogen and oxygen atoms in total. The van der Waals surface area contributed by atoms with Crippen LogP contribution in [0.25, 0.3) is 0 Å². The van der Waals surface area contributed by atoms with Crippen LogP contribution in [-0.2, 0) is 4.79 Å². The molecule has 0 bridgehead atoms. The molecule has 1 aromatic rings. The Morgan fingerprint density at radius 1 is 1.31 bits per heavy atom. The fraction of sp³-hybridized carbons (Fsp3) is 0.417. The highest BCUT2D eigenvalue weighted by atomic mass is 16.5. The topological polar surface area (TPSA) is 58.6 Å². The van der Waals surface area contributed by atoms with Crippen molar-refractivity contribution in [2.45, 2.75) is 25.9 Å². The zero-order valence-corrected chi connectivity index (χ0v) is 9.73. The molecule has 16 heavy (non-hydrogen) atoms. The smallest absolute Gasteiger partial charge is 0.320 e. The molecule has 0 saturated heterocycles. The van der Waals surface area contributed by atoms with Crippen molar-refractivity contribution >= 4 is 5.97 Å². The van der Waals surface area contributed by atoms with Crippen LogP contribution < -0.4 is 10.1 Å². The summed E-state index contributed by atoms with van der Waals surface area (Å²) >= 11 is 0. The maximum Gasteiger partial charge on any atom is 0.320 e. The maximum atomic E-state index is 10.7. The van der Waals surface area contributed by atoms with Gasteiger partial charge in [0.2, 0.25) is 0 Å². The van der Waals surface area contributed by atoms with E-state index in [1.54, 1.807) is 14.0 Å². The van der Waals surface area contributed by atoms with Crippen molar-refractivity contribution in [1.82, 2.24) is 5.32 Å². The van der Waals surface area contributed by atoms with Crippen molar-refractivity contribution in [3.63, 3.8) is 0 Å². The highest BCUT2D eigenvalue weighted by Crippen LogP contribution is 2.17. The summed E-state index contributed by atoms with van der Waals surface area (Å²) in [6.45, 7) is 3.56. The molecular formula is C12H17NO3. The number of methoxy groups -OCH3 is 1. The second kappa shape index (κ2) is 5.51. The van der Waals surface area contributed by atoms with Gasteiger partial charge in [-0.25, -0.2) is 0 Å². The van der Waals surface area contributed by atoms with Crippen molar-refractivity contribution in [3.05, 3.63) is 29.8 Å². The molecule has 0 aromatic heterocycles. The van der Waals surface area contributed by atoms with Crippen LogP contribution in [0.1, 0.15) is 25.5 Å². The van der Waals surface area contributed by atoms with Gasteiger partial charge >= 0.3 is 5.97 Å². The molecule has 0 aliphatic heterocycles. The first kappa shape index (κ1) is 12.5. The lowest BCUT2D eigenvalue weighted by atomic mass is 10.1. The van der Waals surface area contributed by atoms with Crippen molar-refractivity contribution < 1.29 is 14.6 Å². The standard InChI is InChI=1S/C12H17NO3/c1-8(13-9(2)12(14)15)10-4-6-11(16-3)7-5-10/h4-9,13H,1-3H3,(H,14,15)/t8?,9-/m0/s1. The molecule has 0 saturated carbocycles. The van der Waals surface area contributed by atoms with Gasteiger partial charge in [-0.3, -0.25) is 10.1 Å². The fourth-order valence-electron chi connectivity index (χ4n) is 1.44. The summed E-state index contributed by atoms with van der Waals surface area (Å²) in [4.78, 5) is 10.7. The van der Waals surface area contributed by atoms with E-state index in [4.69, 9.17) is 9.84 Å². The number of nitrogens with one attached hydrogen (secondary N) is 1. The highest BCUT2D eigenvalue weighted by Gasteiger charge is 2.14. The fourth-order valence-corrected chi connectivity index (χ4v) is 1.44. The summed E-state index contributed by atoms with van der Waals surface area (Å²) in [7, 11) is 1.61. The van der Waals surface area contributed by atoms with E-state index in [1.807, 2.05) is 31.2 Å². The molecule has 0 aliphatic carbocycles. The lowest BCUT2D eigenvalue weighted by Gasteiger charge is -2.17. The third kappa shape index (κ3) is 3.24. The van der Waals surface area contributed by atoms with Gasteiger partial charge in [-0.2, -0.15) is 0 Å². The number of rotatable bonds is 5. The van der Waals surface area contributed by atoms with Gasteiger partial charge in [0, 0.05) is 6.04 Å². The predicted octanol–water partition coefficient (Wildman–Crippen LogP) is 1.82. The zero-order valence-electron chi connectivity index (χ0n) is 9.73. The van der Waals surface area contributed by atoms with Crippen LogP contribution in [0.5, 0.6) is 5.75 Å². The normalized spacial score (nSPS) is 14.2. The number of carboxylic acid groups (broad SMARTS) is 1. The Morgan fingerprint density at radius 2 is 1.88 bits per heavy atom. The summed E-state index contributed by atoms with van der Waals surface area (Å²) in [5.74, 6) is -0.0532. The van der Waals surface area contributed by atoms with E-state index in [-0.39, 0.29) is 6.04 Å². The van der Waals surface area contributed by atoms with Gasteiger partial charge in [0.1, 0.15) is 11.8 Å². The van der Waals surface area contributed by atoms with Gasteiger partial charge in [-0.1, -0.05) is 12.1 Å². The molecule has 0 heterocycles. The number of hydrogen-bond donors (Lipinski definition) is 2. The Kier molecular flexibility index (Phi) is 4.31. The van der Waals surface area contributed by atoms with Gasteiger partial charge in [0.25, 0.3) is 0 Å². The summed E-state index contributed by atoms with van der Waals surface area (Å²) < 4.78 is 5.05. The van der Waals surface area contributed by atoms with Crippen LogP contribution in [-0.4, -0.2) is 24.2 Å². The molecule has 88 valence electrons. The molecule has 1 unspecified atom stereocenters. The Balaban J connectivity index is 2.65. The molecule has 1 aromatic carbocycles. The predicted molar refractivity (Wildman–Crippen MR) is 61.6 cm³/mol.